The minimum atomic E-state index is -0.0181. The summed E-state index contributed by atoms with van der Waals surface area (Å²) in [4.78, 5) is 14.3. The number of amides is 1. The van der Waals surface area contributed by atoms with Crippen LogP contribution < -0.4 is 5.32 Å². The Balaban J connectivity index is 1.73. The standard InChI is InChI=1S/C13H16N4O2S/c1-9-2-3-10-13(16-20-15-10)12(9)14-11(18)8-17-4-6-19-7-5-17/h2-3H,4-8H2,1H3,(H,14,18). The third-order valence-electron chi connectivity index (χ3n) is 3.37. The van der Waals surface area contributed by atoms with Crippen LogP contribution in [0.4, 0.5) is 5.69 Å². The smallest absolute Gasteiger partial charge is 0.238 e. The number of nitrogens with one attached hydrogen (secondary N) is 1. The number of carbonyl (C=O) groups is 1. The lowest BCUT2D eigenvalue weighted by Gasteiger charge is -2.25. The molecule has 3 rings (SSSR count). The lowest BCUT2D eigenvalue weighted by molar-refractivity contribution is -0.118. The molecule has 0 saturated carbocycles. The van der Waals surface area contributed by atoms with E-state index in [9.17, 15) is 4.79 Å². The predicted molar refractivity (Wildman–Crippen MR) is 78.0 cm³/mol. The molecule has 6 nitrogen and oxygen atoms in total. The van der Waals surface area contributed by atoms with Crippen molar-refractivity contribution in [1.29, 1.82) is 0 Å². The van der Waals surface area contributed by atoms with Crippen molar-refractivity contribution in [1.82, 2.24) is 13.6 Å². The molecule has 20 heavy (non-hydrogen) atoms. The maximum Gasteiger partial charge on any atom is 0.238 e. The third-order valence-corrected chi connectivity index (χ3v) is 3.91. The SMILES string of the molecule is Cc1ccc2nsnc2c1NC(=O)CN1CCOCC1. The van der Waals surface area contributed by atoms with E-state index in [1.807, 2.05) is 19.1 Å². The van der Waals surface area contributed by atoms with Gasteiger partial charge in [0.05, 0.1) is 37.2 Å². The lowest BCUT2D eigenvalue weighted by atomic mass is 10.1. The summed E-state index contributed by atoms with van der Waals surface area (Å²) in [7, 11) is 0. The molecule has 0 atom stereocenters. The second-order valence-corrected chi connectivity index (χ2v) is 5.35. The van der Waals surface area contributed by atoms with Crippen LogP contribution in [0.2, 0.25) is 0 Å². The van der Waals surface area contributed by atoms with Crippen molar-refractivity contribution in [3.8, 4) is 0 Å². The maximum atomic E-state index is 12.2. The van der Waals surface area contributed by atoms with Gasteiger partial charge in [-0.15, -0.1) is 0 Å². The number of morpholine rings is 1. The van der Waals surface area contributed by atoms with Crippen molar-refractivity contribution < 1.29 is 9.53 Å². The van der Waals surface area contributed by atoms with Crippen molar-refractivity contribution in [3.05, 3.63) is 17.7 Å². The fraction of sp³-hybridized carbons (Fsp3) is 0.462. The number of anilines is 1. The van der Waals surface area contributed by atoms with Gasteiger partial charge >= 0.3 is 0 Å². The summed E-state index contributed by atoms with van der Waals surface area (Å²) in [6.45, 7) is 5.33. The Hall–Kier alpha value is -1.57. The number of aromatic nitrogens is 2. The van der Waals surface area contributed by atoms with Crippen molar-refractivity contribution >= 4 is 34.4 Å². The van der Waals surface area contributed by atoms with Crippen molar-refractivity contribution in [2.45, 2.75) is 6.92 Å². The van der Waals surface area contributed by atoms with Crippen molar-refractivity contribution in [2.24, 2.45) is 0 Å². The van der Waals surface area contributed by atoms with E-state index >= 15 is 0 Å². The zero-order chi connectivity index (χ0) is 13.9. The average molecular weight is 292 g/mol. The van der Waals surface area contributed by atoms with Crippen LogP contribution in [0.15, 0.2) is 12.1 Å². The van der Waals surface area contributed by atoms with E-state index in [1.54, 1.807) is 0 Å². The molecular formula is C13H16N4O2S. The van der Waals surface area contributed by atoms with E-state index in [-0.39, 0.29) is 5.91 Å². The van der Waals surface area contributed by atoms with Gasteiger partial charge in [-0.2, -0.15) is 8.75 Å². The topological polar surface area (TPSA) is 67.4 Å². The van der Waals surface area contributed by atoms with Crippen LogP contribution in [0, 0.1) is 6.92 Å². The first-order valence-corrected chi connectivity index (χ1v) is 7.29. The van der Waals surface area contributed by atoms with Crippen LogP contribution >= 0.6 is 11.7 Å². The summed E-state index contributed by atoms with van der Waals surface area (Å²) in [6.07, 6.45) is 0. The highest BCUT2D eigenvalue weighted by molar-refractivity contribution is 7.00. The van der Waals surface area contributed by atoms with Gasteiger partial charge in [-0.25, -0.2) is 0 Å². The maximum absolute atomic E-state index is 12.2. The van der Waals surface area contributed by atoms with Crippen LogP contribution in [0.1, 0.15) is 5.56 Å². The number of carbonyl (C=O) groups excluding carboxylic acids is 1. The van der Waals surface area contributed by atoms with Gasteiger partial charge in [0.2, 0.25) is 5.91 Å². The second-order valence-electron chi connectivity index (χ2n) is 4.83. The van der Waals surface area contributed by atoms with E-state index in [0.717, 1.165) is 47.1 Å². The minimum absolute atomic E-state index is 0.0181. The van der Waals surface area contributed by atoms with Crippen molar-refractivity contribution in [3.63, 3.8) is 0 Å². The summed E-state index contributed by atoms with van der Waals surface area (Å²) < 4.78 is 13.7. The Morgan fingerprint density at radius 3 is 3.00 bits per heavy atom. The predicted octanol–water partition coefficient (Wildman–Crippen LogP) is 1.27. The summed E-state index contributed by atoms with van der Waals surface area (Å²) in [5.41, 5.74) is 3.36. The number of benzene rings is 1. The van der Waals surface area contributed by atoms with E-state index in [1.165, 1.54) is 0 Å². The highest BCUT2D eigenvalue weighted by Gasteiger charge is 2.16. The number of rotatable bonds is 3. The molecule has 1 aromatic heterocycles. The van der Waals surface area contributed by atoms with Gasteiger partial charge in [-0.05, 0) is 18.6 Å². The van der Waals surface area contributed by atoms with Gasteiger partial charge in [0, 0.05) is 13.1 Å². The highest BCUT2D eigenvalue weighted by atomic mass is 32.1. The first kappa shape index (κ1) is 13.4. The first-order chi connectivity index (χ1) is 9.74. The molecule has 2 aromatic rings. The van der Waals surface area contributed by atoms with E-state index < -0.39 is 0 Å². The first-order valence-electron chi connectivity index (χ1n) is 6.56. The molecule has 1 saturated heterocycles. The van der Waals surface area contributed by atoms with Crippen LogP contribution in [-0.4, -0.2) is 52.4 Å². The Morgan fingerprint density at radius 2 is 2.20 bits per heavy atom. The molecule has 7 heteroatoms. The lowest BCUT2D eigenvalue weighted by Crippen LogP contribution is -2.41. The molecule has 0 bridgehead atoms. The third kappa shape index (κ3) is 2.79. The second kappa shape index (κ2) is 5.82. The Morgan fingerprint density at radius 1 is 1.40 bits per heavy atom. The van der Waals surface area contributed by atoms with Gasteiger partial charge in [0.25, 0.3) is 0 Å². The summed E-state index contributed by atoms with van der Waals surface area (Å²) in [5, 5.41) is 2.97. The quantitative estimate of drug-likeness (QED) is 0.923. The Bertz CT molecular complexity index is 622. The number of ether oxygens (including phenoxy) is 1. The van der Waals surface area contributed by atoms with E-state index in [4.69, 9.17) is 4.74 Å². The fourth-order valence-corrected chi connectivity index (χ4v) is 2.79. The number of hydrogen-bond acceptors (Lipinski definition) is 6. The Labute approximate surface area is 121 Å². The molecule has 0 radical (unpaired) electrons. The van der Waals surface area contributed by atoms with Gasteiger partial charge in [0.1, 0.15) is 11.0 Å². The van der Waals surface area contributed by atoms with Crippen LogP contribution in [0.3, 0.4) is 0 Å². The highest BCUT2D eigenvalue weighted by Crippen LogP contribution is 2.25. The number of fused-ring (bicyclic) bond motifs is 1. The van der Waals surface area contributed by atoms with E-state index in [0.29, 0.717) is 19.8 Å². The summed E-state index contributed by atoms with van der Waals surface area (Å²) in [6, 6.07) is 3.87. The zero-order valence-corrected chi connectivity index (χ0v) is 12.1. The molecule has 1 aromatic carbocycles. The van der Waals surface area contributed by atoms with Gasteiger partial charge in [0.15, 0.2) is 0 Å². The number of nitrogens with zero attached hydrogens (tertiary/aromatic N) is 3. The molecule has 1 fully saturated rings. The average Bonchev–Trinajstić information content (AvgIpc) is 2.92. The molecule has 0 spiro atoms. The van der Waals surface area contributed by atoms with E-state index in [2.05, 4.69) is 19.0 Å². The molecule has 1 aliphatic rings. The monoisotopic (exact) mass is 292 g/mol. The summed E-state index contributed by atoms with van der Waals surface area (Å²) in [5.74, 6) is -0.0181. The molecule has 0 unspecified atom stereocenters. The fourth-order valence-electron chi connectivity index (χ4n) is 2.25. The molecule has 1 aliphatic heterocycles. The normalized spacial score (nSPS) is 16.4. The Kier molecular flexibility index (Phi) is 3.90. The number of aryl methyl sites for hydroxylation is 1. The molecule has 0 aliphatic carbocycles. The van der Waals surface area contributed by atoms with Crippen LogP contribution in [0.5, 0.6) is 0 Å². The largest absolute Gasteiger partial charge is 0.379 e. The van der Waals surface area contributed by atoms with Gasteiger partial charge in [-0.3, -0.25) is 9.69 Å². The molecule has 1 amide bonds. The van der Waals surface area contributed by atoms with Gasteiger partial charge in [-0.1, -0.05) is 6.07 Å². The molecule has 2 heterocycles. The summed E-state index contributed by atoms with van der Waals surface area (Å²) >= 11 is 1.16. The van der Waals surface area contributed by atoms with Crippen molar-refractivity contribution in [2.75, 3.05) is 38.2 Å². The minimum Gasteiger partial charge on any atom is -0.379 e. The van der Waals surface area contributed by atoms with Gasteiger partial charge < -0.3 is 10.1 Å². The molecular weight excluding hydrogens is 276 g/mol. The molecule has 1 N–H and O–H groups in total. The molecule has 106 valence electrons. The van der Waals surface area contributed by atoms with Crippen LogP contribution in [0.25, 0.3) is 11.0 Å². The zero-order valence-electron chi connectivity index (χ0n) is 11.3. The number of hydrogen-bond donors (Lipinski definition) is 1. The van der Waals surface area contributed by atoms with Crippen LogP contribution in [-0.2, 0) is 9.53 Å².